The molecule has 10 heteroatoms. The summed E-state index contributed by atoms with van der Waals surface area (Å²) in [6.07, 6.45) is -2.84. The molecule has 0 radical (unpaired) electrons. The lowest BCUT2D eigenvalue weighted by atomic mass is 9.84. The van der Waals surface area contributed by atoms with Crippen LogP contribution in [0.25, 0.3) is 0 Å². The molecule has 0 saturated carbocycles. The molecule has 1 aliphatic heterocycles. The van der Waals surface area contributed by atoms with Gasteiger partial charge >= 0.3 is 0 Å². The van der Waals surface area contributed by atoms with Crippen LogP contribution in [0.5, 0.6) is 0 Å². The Bertz CT molecular complexity index is 1000. The van der Waals surface area contributed by atoms with Gasteiger partial charge in [-0.15, -0.1) is 0 Å². The van der Waals surface area contributed by atoms with Crippen LogP contribution < -0.4 is 11.1 Å². The standard InChI is InChI=1S/C19H16F3N5O2/c1-10-7-19(17(21)22,27-18(24)29-10)13-6-12(3-4-14(13)20)26-16(28)15-5-2-11(8-23)9-25-15/h2-6,9-10,17H,7H2,1H3,(H2,24,27)(H,26,28)/t10-,19-/m0/s1. The second kappa shape index (κ2) is 7.79. The number of hydrogen-bond donors (Lipinski definition) is 2. The molecular formula is C19H16F3N5O2. The molecular weight excluding hydrogens is 387 g/mol. The van der Waals surface area contributed by atoms with Crippen molar-refractivity contribution >= 4 is 17.6 Å². The lowest BCUT2D eigenvalue weighted by Gasteiger charge is -2.36. The highest BCUT2D eigenvalue weighted by molar-refractivity contribution is 6.02. The maximum absolute atomic E-state index is 14.5. The van der Waals surface area contributed by atoms with Crippen LogP contribution >= 0.6 is 0 Å². The Morgan fingerprint density at radius 3 is 2.76 bits per heavy atom. The zero-order valence-corrected chi connectivity index (χ0v) is 15.2. The van der Waals surface area contributed by atoms with Crippen LogP contribution in [0.1, 0.15) is 35.0 Å². The summed E-state index contributed by atoms with van der Waals surface area (Å²) in [6, 6.07) is 7.45. The minimum absolute atomic E-state index is 0.000372. The van der Waals surface area contributed by atoms with Gasteiger partial charge in [0.15, 0.2) is 5.54 Å². The van der Waals surface area contributed by atoms with Crippen molar-refractivity contribution in [2.75, 3.05) is 5.32 Å². The zero-order valence-electron chi connectivity index (χ0n) is 15.2. The van der Waals surface area contributed by atoms with E-state index in [0.717, 1.165) is 12.1 Å². The van der Waals surface area contributed by atoms with Crippen molar-refractivity contribution in [1.29, 1.82) is 5.26 Å². The van der Waals surface area contributed by atoms with Crippen LogP contribution in [0.3, 0.4) is 0 Å². The molecule has 1 amide bonds. The van der Waals surface area contributed by atoms with Gasteiger partial charge in [0.2, 0.25) is 0 Å². The number of nitrogens with two attached hydrogens (primary N) is 1. The van der Waals surface area contributed by atoms with E-state index in [2.05, 4.69) is 15.3 Å². The zero-order chi connectivity index (χ0) is 21.2. The number of carbonyl (C=O) groups is 1. The molecule has 0 spiro atoms. The van der Waals surface area contributed by atoms with Crippen molar-refractivity contribution in [3.8, 4) is 6.07 Å². The SMILES string of the molecule is C[C@H]1C[C@](c2cc(NC(=O)c3ccc(C#N)cn3)ccc2F)(C(F)F)N=C(N)O1. The average molecular weight is 403 g/mol. The molecule has 1 aromatic heterocycles. The van der Waals surface area contributed by atoms with Crippen molar-refractivity contribution in [1.82, 2.24) is 4.98 Å². The Labute approximate surface area is 164 Å². The Morgan fingerprint density at radius 2 is 2.17 bits per heavy atom. The van der Waals surface area contributed by atoms with Crippen LogP contribution in [-0.2, 0) is 10.3 Å². The summed E-state index contributed by atoms with van der Waals surface area (Å²) in [5, 5.41) is 11.2. The van der Waals surface area contributed by atoms with Crippen molar-refractivity contribution in [2.45, 2.75) is 31.4 Å². The molecule has 2 atom stereocenters. The first-order valence-electron chi connectivity index (χ1n) is 8.53. The van der Waals surface area contributed by atoms with Crippen LogP contribution in [0.2, 0.25) is 0 Å². The van der Waals surface area contributed by atoms with Gasteiger partial charge < -0.3 is 15.8 Å². The van der Waals surface area contributed by atoms with E-state index in [1.165, 1.54) is 31.3 Å². The molecule has 3 N–H and O–H groups in total. The van der Waals surface area contributed by atoms with Gasteiger partial charge in [0, 0.05) is 23.9 Å². The summed E-state index contributed by atoms with van der Waals surface area (Å²) in [6.45, 7) is 1.53. The molecule has 0 bridgehead atoms. The fraction of sp³-hybridized carbons (Fsp3) is 0.263. The minimum Gasteiger partial charge on any atom is -0.462 e. The van der Waals surface area contributed by atoms with E-state index >= 15 is 0 Å². The van der Waals surface area contributed by atoms with E-state index in [0.29, 0.717) is 0 Å². The number of hydrogen-bond acceptors (Lipinski definition) is 6. The molecule has 29 heavy (non-hydrogen) atoms. The van der Waals surface area contributed by atoms with E-state index in [1.54, 1.807) is 0 Å². The Hall–Kier alpha value is -3.61. The van der Waals surface area contributed by atoms with E-state index in [4.69, 9.17) is 15.7 Å². The second-order valence-electron chi connectivity index (χ2n) is 6.50. The first kappa shape index (κ1) is 20.1. The average Bonchev–Trinajstić information content (AvgIpc) is 2.68. The summed E-state index contributed by atoms with van der Waals surface area (Å²) in [5.74, 6) is -1.56. The molecule has 3 rings (SSSR count). The van der Waals surface area contributed by atoms with Crippen molar-refractivity contribution < 1.29 is 22.7 Å². The number of amides is 1. The smallest absolute Gasteiger partial charge is 0.283 e. The van der Waals surface area contributed by atoms with Crippen molar-refractivity contribution in [3.05, 3.63) is 59.2 Å². The van der Waals surface area contributed by atoms with Gasteiger partial charge in [-0.2, -0.15) is 5.26 Å². The Morgan fingerprint density at radius 1 is 1.41 bits per heavy atom. The number of ether oxygens (including phenoxy) is 1. The van der Waals surface area contributed by atoms with Crippen molar-refractivity contribution in [3.63, 3.8) is 0 Å². The number of aliphatic imine (C=N–C) groups is 1. The highest BCUT2D eigenvalue weighted by Gasteiger charge is 2.48. The molecule has 1 aromatic carbocycles. The summed E-state index contributed by atoms with van der Waals surface area (Å²) < 4.78 is 47.6. The number of rotatable bonds is 4. The third-order valence-corrected chi connectivity index (χ3v) is 4.41. The molecule has 2 heterocycles. The molecule has 7 nitrogen and oxygen atoms in total. The Kier molecular flexibility index (Phi) is 5.41. The molecule has 2 aromatic rings. The maximum atomic E-state index is 14.5. The predicted molar refractivity (Wildman–Crippen MR) is 97.8 cm³/mol. The highest BCUT2D eigenvalue weighted by atomic mass is 19.3. The van der Waals surface area contributed by atoms with Gasteiger partial charge in [0.05, 0.1) is 5.56 Å². The predicted octanol–water partition coefficient (Wildman–Crippen LogP) is 2.93. The quantitative estimate of drug-likeness (QED) is 0.815. The van der Waals surface area contributed by atoms with Crippen molar-refractivity contribution in [2.24, 2.45) is 10.7 Å². The number of pyridine rings is 1. The van der Waals surface area contributed by atoms with Gasteiger partial charge in [-0.3, -0.25) is 4.79 Å². The molecule has 0 saturated heterocycles. The first-order chi connectivity index (χ1) is 13.7. The summed E-state index contributed by atoms with van der Waals surface area (Å²) >= 11 is 0. The summed E-state index contributed by atoms with van der Waals surface area (Å²) in [7, 11) is 0. The van der Waals surface area contributed by atoms with E-state index in [9.17, 15) is 18.0 Å². The van der Waals surface area contributed by atoms with E-state index in [-0.39, 0.29) is 23.4 Å². The number of nitrogens with zero attached hydrogens (tertiary/aromatic N) is 3. The minimum atomic E-state index is -3.06. The monoisotopic (exact) mass is 403 g/mol. The number of aromatic nitrogens is 1. The van der Waals surface area contributed by atoms with Gasteiger partial charge in [-0.1, -0.05) is 0 Å². The molecule has 0 aliphatic carbocycles. The van der Waals surface area contributed by atoms with Gasteiger partial charge in [0.25, 0.3) is 18.4 Å². The summed E-state index contributed by atoms with van der Waals surface area (Å²) in [4.78, 5) is 19.9. The number of carbonyl (C=O) groups excluding carboxylic acids is 1. The summed E-state index contributed by atoms with van der Waals surface area (Å²) in [5.41, 5.74) is 3.22. The van der Waals surface area contributed by atoms with Crippen LogP contribution in [0.4, 0.5) is 18.9 Å². The molecule has 0 unspecified atom stereocenters. The number of nitrogens with one attached hydrogen (secondary N) is 1. The number of amidine groups is 1. The number of nitriles is 1. The first-order valence-corrected chi connectivity index (χ1v) is 8.53. The normalized spacial score (nSPS) is 21.1. The van der Waals surface area contributed by atoms with E-state index < -0.39 is 41.4 Å². The van der Waals surface area contributed by atoms with Crippen LogP contribution in [0.15, 0.2) is 41.5 Å². The fourth-order valence-corrected chi connectivity index (χ4v) is 3.10. The lowest BCUT2D eigenvalue weighted by molar-refractivity contribution is 0.00527. The number of benzene rings is 1. The fourth-order valence-electron chi connectivity index (χ4n) is 3.10. The number of alkyl halides is 2. The molecule has 0 fully saturated rings. The topological polar surface area (TPSA) is 113 Å². The van der Waals surface area contributed by atoms with Crippen LogP contribution in [0, 0.1) is 17.1 Å². The third-order valence-electron chi connectivity index (χ3n) is 4.41. The van der Waals surface area contributed by atoms with Gasteiger partial charge in [-0.25, -0.2) is 23.1 Å². The van der Waals surface area contributed by atoms with E-state index in [1.807, 2.05) is 6.07 Å². The largest absolute Gasteiger partial charge is 0.462 e. The molecule has 150 valence electrons. The third kappa shape index (κ3) is 3.99. The van der Waals surface area contributed by atoms with Gasteiger partial charge in [0.1, 0.15) is 23.7 Å². The lowest BCUT2D eigenvalue weighted by Crippen LogP contribution is -2.44. The van der Waals surface area contributed by atoms with Crippen LogP contribution in [-0.4, -0.2) is 29.4 Å². The second-order valence-corrected chi connectivity index (χ2v) is 6.50. The number of halogens is 3. The Balaban J connectivity index is 1.96. The van der Waals surface area contributed by atoms with Gasteiger partial charge in [-0.05, 0) is 37.3 Å². The number of anilines is 1. The highest BCUT2D eigenvalue weighted by Crippen LogP contribution is 2.42. The maximum Gasteiger partial charge on any atom is 0.283 e. The molecule has 1 aliphatic rings.